The fraction of sp³-hybridized carbons (Fsp3) is 0.438. The third-order valence-electron chi connectivity index (χ3n) is 2.83. The molecule has 4 heteroatoms. The van der Waals surface area contributed by atoms with Gasteiger partial charge in [-0.15, -0.1) is 0 Å². The van der Waals surface area contributed by atoms with Gasteiger partial charge in [-0.25, -0.2) is 4.79 Å². The Bertz CT molecular complexity index is 455. The number of unbranched alkanes of at least 4 members (excludes halogenated alkanes) is 3. The van der Waals surface area contributed by atoms with Crippen LogP contribution in [0.2, 0.25) is 5.02 Å². The summed E-state index contributed by atoms with van der Waals surface area (Å²) < 4.78 is 10.2. The Morgan fingerprint density at radius 1 is 1.30 bits per heavy atom. The molecule has 0 bridgehead atoms. The van der Waals surface area contributed by atoms with E-state index in [2.05, 4.69) is 6.92 Å². The first-order valence-corrected chi connectivity index (χ1v) is 7.23. The first kappa shape index (κ1) is 16.6. The van der Waals surface area contributed by atoms with Crippen molar-refractivity contribution in [3.8, 4) is 5.75 Å². The molecule has 0 heterocycles. The predicted molar refractivity (Wildman–Crippen MR) is 82.1 cm³/mol. The van der Waals surface area contributed by atoms with Crippen molar-refractivity contribution in [3.63, 3.8) is 0 Å². The highest BCUT2D eigenvalue weighted by Crippen LogP contribution is 2.25. The molecule has 0 radical (unpaired) electrons. The Morgan fingerprint density at radius 3 is 2.75 bits per heavy atom. The maximum Gasteiger partial charge on any atom is 0.330 e. The first-order valence-electron chi connectivity index (χ1n) is 6.85. The van der Waals surface area contributed by atoms with Gasteiger partial charge < -0.3 is 9.47 Å². The monoisotopic (exact) mass is 296 g/mol. The molecule has 0 aliphatic carbocycles. The smallest absolute Gasteiger partial charge is 0.330 e. The molecule has 0 fully saturated rings. The van der Waals surface area contributed by atoms with E-state index in [1.807, 2.05) is 6.07 Å². The maximum absolute atomic E-state index is 11.5. The van der Waals surface area contributed by atoms with Crippen LogP contribution in [0.5, 0.6) is 5.75 Å². The van der Waals surface area contributed by atoms with Crippen LogP contribution >= 0.6 is 11.6 Å². The number of methoxy groups -OCH3 is 1. The summed E-state index contributed by atoms with van der Waals surface area (Å²) in [4.78, 5) is 11.5. The Balaban J connectivity index is 2.39. The molecule has 3 nitrogen and oxygen atoms in total. The van der Waals surface area contributed by atoms with E-state index in [4.69, 9.17) is 21.1 Å². The molecular weight excluding hydrogens is 276 g/mol. The zero-order chi connectivity index (χ0) is 14.8. The second kappa shape index (κ2) is 9.43. The number of hydrogen-bond acceptors (Lipinski definition) is 3. The van der Waals surface area contributed by atoms with Crippen LogP contribution in [-0.2, 0) is 9.53 Å². The van der Waals surface area contributed by atoms with Gasteiger partial charge in [-0.3, -0.25) is 0 Å². The second-order valence-electron chi connectivity index (χ2n) is 4.46. The average molecular weight is 297 g/mol. The van der Waals surface area contributed by atoms with Crippen molar-refractivity contribution in [3.05, 3.63) is 34.9 Å². The van der Waals surface area contributed by atoms with Crippen molar-refractivity contribution in [2.45, 2.75) is 32.6 Å². The minimum atomic E-state index is -0.326. The van der Waals surface area contributed by atoms with Crippen LogP contribution in [0.25, 0.3) is 6.08 Å². The topological polar surface area (TPSA) is 35.5 Å². The molecule has 20 heavy (non-hydrogen) atoms. The van der Waals surface area contributed by atoms with Crippen molar-refractivity contribution in [2.24, 2.45) is 0 Å². The van der Waals surface area contributed by atoms with E-state index in [1.54, 1.807) is 25.3 Å². The van der Waals surface area contributed by atoms with Gasteiger partial charge in [0.25, 0.3) is 0 Å². The number of rotatable bonds is 8. The predicted octanol–water partition coefficient (Wildman–Crippen LogP) is 4.49. The molecule has 0 aromatic heterocycles. The highest BCUT2D eigenvalue weighted by molar-refractivity contribution is 6.32. The first-order chi connectivity index (χ1) is 9.67. The molecule has 0 saturated heterocycles. The van der Waals surface area contributed by atoms with Crippen LogP contribution in [0.3, 0.4) is 0 Å². The van der Waals surface area contributed by atoms with Gasteiger partial charge >= 0.3 is 5.97 Å². The van der Waals surface area contributed by atoms with Crippen LogP contribution in [0, 0.1) is 0 Å². The second-order valence-corrected chi connectivity index (χ2v) is 4.86. The number of benzene rings is 1. The zero-order valence-corrected chi connectivity index (χ0v) is 12.8. The van der Waals surface area contributed by atoms with Crippen molar-refractivity contribution >= 4 is 23.6 Å². The molecule has 1 aromatic rings. The fourth-order valence-electron chi connectivity index (χ4n) is 1.70. The van der Waals surface area contributed by atoms with E-state index < -0.39 is 0 Å². The minimum absolute atomic E-state index is 0.326. The van der Waals surface area contributed by atoms with Crippen LogP contribution in [-0.4, -0.2) is 19.7 Å². The standard InChI is InChI=1S/C16H21ClO3/c1-3-4-5-6-11-20-16(18)10-8-13-7-9-15(19-2)14(17)12-13/h7-10,12H,3-6,11H2,1-2H3/b10-8+. The summed E-state index contributed by atoms with van der Waals surface area (Å²) in [5, 5.41) is 0.516. The Morgan fingerprint density at radius 2 is 2.10 bits per heavy atom. The molecule has 0 unspecified atom stereocenters. The van der Waals surface area contributed by atoms with Crippen LogP contribution in [0.15, 0.2) is 24.3 Å². The lowest BCUT2D eigenvalue weighted by Gasteiger charge is -2.03. The SMILES string of the molecule is CCCCCCOC(=O)/C=C/c1ccc(OC)c(Cl)c1. The largest absolute Gasteiger partial charge is 0.495 e. The molecule has 0 aliphatic heterocycles. The van der Waals surface area contributed by atoms with Crippen molar-refractivity contribution in [1.82, 2.24) is 0 Å². The van der Waals surface area contributed by atoms with E-state index in [0.717, 1.165) is 18.4 Å². The lowest BCUT2D eigenvalue weighted by molar-refractivity contribution is -0.137. The molecule has 1 rings (SSSR count). The third-order valence-corrected chi connectivity index (χ3v) is 3.13. The van der Waals surface area contributed by atoms with Crippen molar-refractivity contribution in [2.75, 3.05) is 13.7 Å². The van der Waals surface area contributed by atoms with Gasteiger partial charge in [-0.2, -0.15) is 0 Å². The van der Waals surface area contributed by atoms with Crippen LogP contribution in [0.1, 0.15) is 38.2 Å². The Labute approximate surface area is 125 Å². The normalized spacial score (nSPS) is 10.8. The molecule has 110 valence electrons. The van der Waals surface area contributed by atoms with Crippen molar-refractivity contribution < 1.29 is 14.3 Å². The van der Waals surface area contributed by atoms with Gasteiger partial charge in [0.05, 0.1) is 18.7 Å². The quantitative estimate of drug-likeness (QED) is 0.403. The number of carbonyl (C=O) groups excluding carboxylic acids is 1. The summed E-state index contributed by atoms with van der Waals surface area (Å²) in [6.07, 6.45) is 7.46. The third kappa shape index (κ3) is 6.11. The van der Waals surface area contributed by atoms with Crippen LogP contribution in [0.4, 0.5) is 0 Å². The molecule has 0 atom stereocenters. The van der Waals surface area contributed by atoms with Gasteiger partial charge in [0.1, 0.15) is 5.75 Å². The summed E-state index contributed by atoms with van der Waals surface area (Å²) in [6.45, 7) is 2.63. The summed E-state index contributed by atoms with van der Waals surface area (Å²) in [5.41, 5.74) is 0.832. The van der Waals surface area contributed by atoms with Gasteiger partial charge in [0.2, 0.25) is 0 Å². The van der Waals surface area contributed by atoms with Gasteiger partial charge in [0.15, 0.2) is 0 Å². The summed E-state index contributed by atoms with van der Waals surface area (Å²) in [5.74, 6) is 0.288. The Kier molecular flexibility index (Phi) is 7.81. The highest BCUT2D eigenvalue weighted by atomic mass is 35.5. The van der Waals surface area contributed by atoms with Gasteiger partial charge in [0, 0.05) is 6.08 Å². The number of esters is 1. The number of ether oxygens (including phenoxy) is 2. The molecule has 0 saturated carbocycles. The maximum atomic E-state index is 11.5. The number of hydrogen-bond donors (Lipinski definition) is 0. The fourth-order valence-corrected chi connectivity index (χ4v) is 1.97. The van der Waals surface area contributed by atoms with E-state index in [9.17, 15) is 4.79 Å². The van der Waals surface area contributed by atoms with E-state index in [1.165, 1.54) is 18.9 Å². The summed E-state index contributed by atoms with van der Waals surface area (Å²) in [7, 11) is 1.56. The Hall–Kier alpha value is -1.48. The minimum Gasteiger partial charge on any atom is -0.495 e. The molecule has 0 N–H and O–H groups in total. The lowest BCUT2D eigenvalue weighted by Crippen LogP contribution is -2.02. The average Bonchev–Trinajstić information content (AvgIpc) is 2.45. The van der Waals surface area contributed by atoms with E-state index >= 15 is 0 Å². The molecular formula is C16H21ClO3. The van der Waals surface area contributed by atoms with E-state index in [-0.39, 0.29) is 5.97 Å². The summed E-state index contributed by atoms with van der Waals surface area (Å²) >= 11 is 6.00. The van der Waals surface area contributed by atoms with E-state index in [0.29, 0.717) is 17.4 Å². The molecule has 0 aliphatic rings. The molecule has 1 aromatic carbocycles. The van der Waals surface area contributed by atoms with Gasteiger partial charge in [-0.1, -0.05) is 43.9 Å². The molecule has 0 amide bonds. The van der Waals surface area contributed by atoms with Crippen LogP contribution < -0.4 is 4.74 Å². The number of carbonyl (C=O) groups is 1. The highest BCUT2D eigenvalue weighted by Gasteiger charge is 2.01. The number of halogens is 1. The summed E-state index contributed by atoms with van der Waals surface area (Å²) in [6, 6.07) is 5.33. The van der Waals surface area contributed by atoms with Crippen molar-refractivity contribution in [1.29, 1.82) is 0 Å². The van der Waals surface area contributed by atoms with Gasteiger partial charge in [-0.05, 0) is 30.2 Å². The molecule has 0 spiro atoms. The lowest BCUT2D eigenvalue weighted by atomic mass is 10.2. The zero-order valence-electron chi connectivity index (χ0n) is 12.0.